The number of carbonyl (C=O) groups is 1. The van der Waals surface area contributed by atoms with Crippen molar-refractivity contribution in [3.05, 3.63) is 58.8 Å². The molecule has 1 fully saturated rings. The summed E-state index contributed by atoms with van der Waals surface area (Å²) in [7, 11) is 0. The van der Waals surface area contributed by atoms with Crippen molar-refractivity contribution in [3.63, 3.8) is 0 Å². The van der Waals surface area contributed by atoms with Gasteiger partial charge in [0.1, 0.15) is 5.75 Å². The highest BCUT2D eigenvalue weighted by molar-refractivity contribution is 6.01. The van der Waals surface area contributed by atoms with Gasteiger partial charge in [0, 0.05) is 36.7 Å². The van der Waals surface area contributed by atoms with Gasteiger partial charge in [0.25, 0.3) is 5.91 Å². The number of aromatic amines is 1. The van der Waals surface area contributed by atoms with Crippen LogP contribution in [-0.4, -0.2) is 50.4 Å². The quantitative estimate of drug-likeness (QED) is 0.676. The van der Waals surface area contributed by atoms with Crippen LogP contribution in [0, 0.1) is 6.92 Å². The normalized spacial score (nSPS) is 17.2. The Labute approximate surface area is 151 Å². The van der Waals surface area contributed by atoms with E-state index in [2.05, 4.69) is 22.3 Å². The van der Waals surface area contributed by atoms with Crippen molar-refractivity contribution in [1.29, 1.82) is 0 Å². The number of rotatable bonds is 3. The van der Waals surface area contributed by atoms with Gasteiger partial charge in [0.05, 0.1) is 17.2 Å². The average Bonchev–Trinajstić information content (AvgIpc) is 3.20. The number of phenolic OH excluding ortho intramolecular Hbond substituents is 1. The first kappa shape index (κ1) is 16.6. The molecule has 0 radical (unpaired) electrons. The lowest BCUT2D eigenvalue weighted by Gasteiger charge is -2.16. The number of aromatic nitrogens is 2. The Kier molecular flexibility index (Phi) is 4.12. The van der Waals surface area contributed by atoms with Crippen molar-refractivity contribution in [2.24, 2.45) is 0 Å². The van der Waals surface area contributed by atoms with Gasteiger partial charge in [-0.05, 0) is 25.0 Å². The molecule has 3 N–H and O–H groups in total. The van der Waals surface area contributed by atoms with E-state index in [1.165, 1.54) is 11.6 Å². The Bertz CT molecular complexity index is 980. The monoisotopic (exact) mass is 351 g/mol. The highest BCUT2D eigenvalue weighted by atomic mass is 16.3. The summed E-state index contributed by atoms with van der Waals surface area (Å²) in [6, 6.07) is 11.5. The minimum Gasteiger partial charge on any atom is -0.507 e. The largest absolute Gasteiger partial charge is 0.507 e. The number of phenols is 1. The Balaban J connectivity index is 1.69. The van der Waals surface area contributed by atoms with Gasteiger partial charge in [-0.2, -0.15) is 5.10 Å². The number of aryl methyl sites for hydroxylation is 1. The molecule has 6 heteroatoms. The summed E-state index contributed by atoms with van der Waals surface area (Å²) in [5, 5.41) is 28.0. The fraction of sp³-hybridized carbons (Fsp3) is 0.300. The van der Waals surface area contributed by atoms with E-state index in [4.69, 9.17) is 0 Å². The van der Waals surface area contributed by atoms with Crippen LogP contribution >= 0.6 is 0 Å². The van der Waals surface area contributed by atoms with Crippen LogP contribution in [0.25, 0.3) is 10.9 Å². The zero-order chi connectivity index (χ0) is 18.3. The van der Waals surface area contributed by atoms with E-state index in [0.29, 0.717) is 31.4 Å². The molecule has 2 aromatic carbocycles. The summed E-state index contributed by atoms with van der Waals surface area (Å²) in [6.45, 7) is 2.85. The second-order valence-corrected chi connectivity index (χ2v) is 6.95. The molecular weight excluding hydrogens is 330 g/mol. The molecule has 3 aromatic rings. The zero-order valence-electron chi connectivity index (χ0n) is 14.6. The number of β-amino-alcohol motifs (C(OH)–C–C–N with tert-alkyl or cyclic N) is 1. The van der Waals surface area contributed by atoms with Crippen molar-refractivity contribution in [1.82, 2.24) is 15.1 Å². The topological polar surface area (TPSA) is 89.4 Å². The molecular formula is C20H21N3O3. The van der Waals surface area contributed by atoms with Gasteiger partial charge in [-0.15, -0.1) is 0 Å². The van der Waals surface area contributed by atoms with Gasteiger partial charge in [-0.3, -0.25) is 9.89 Å². The predicted molar refractivity (Wildman–Crippen MR) is 98.3 cm³/mol. The summed E-state index contributed by atoms with van der Waals surface area (Å²) in [5.74, 6) is -0.346. The summed E-state index contributed by atoms with van der Waals surface area (Å²) in [4.78, 5) is 14.3. The third-order valence-corrected chi connectivity index (χ3v) is 4.89. The number of hydrogen-bond acceptors (Lipinski definition) is 4. The summed E-state index contributed by atoms with van der Waals surface area (Å²) < 4.78 is 0. The second-order valence-electron chi connectivity index (χ2n) is 6.95. The van der Waals surface area contributed by atoms with Gasteiger partial charge >= 0.3 is 0 Å². The molecule has 1 aliphatic rings. The number of hydrogen-bond donors (Lipinski definition) is 3. The second kappa shape index (κ2) is 6.46. The van der Waals surface area contributed by atoms with Crippen LogP contribution in [0.15, 0.2) is 36.4 Å². The molecule has 1 amide bonds. The average molecular weight is 351 g/mol. The standard InChI is InChI=1S/C20H21N3O3/c1-12-3-2-4-13(7-12)8-17-15-9-16(19(25)10-18(15)22-21-17)20(26)23-6-5-14(24)11-23/h2-4,7,9-10,14,24-25H,5-6,8,11H2,1H3,(H,21,22). The molecule has 2 heterocycles. The molecule has 1 unspecified atom stereocenters. The highest BCUT2D eigenvalue weighted by Crippen LogP contribution is 2.29. The molecule has 0 saturated carbocycles. The van der Waals surface area contributed by atoms with Crippen molar-refractivity contribution >= 4 is 16.8 Å². The molecule has 134 valence electrons. The van der Waals surface area contributed by atoms with E-state index in [1.54, 1.807) is 11.0 Å². The first-order valence-corrected chi connectivity index (χ1v) is 8.74. The number of likely N-dealkylation sites (tertiary alicyclic amines) is 1. The van der Waals surface area contributed by atoms with E-state index in [-0.39, 0.29) is 17.2 Å². The molecule has 4 rings (SSSR count). The maximum absolute atomic E-state index is 12.7. The SMILES string of the molecule is Cc1cccc(Cc2[nH]nc3cc(O)c(C(=O)N4CCC(O)C4)cc23)c1. The molecule has 1 saturated heterocycles. The van der Waals surface area contributed by atoms with Crippen LogP contribution < -0.4 is 0 Å². The number of benzene rings is 2. The Morgan fingerprint density at radius 2 is 2.19 bits per heavy atom. The van der Waals surface area contributed by atoms with Crippen LogP contribution in [0.3, 0.4) is 0 Å². The number of aliphatic hydroxyl groups excluding tert-OH is 1. The van der Waals surface area contributed by atoms with E-state index in [0.717, 1.165) is 16.6 Å². The van der Waals surface area contributed by atoms with E-state index in [9.17, 15) is 15.0 Å². The lowest BCUT2D eigenvalue weighted by atomic mass is 10.0. The molecule has 0 aliphatic carbocycles. The van der Waals surface area contributed by atoms with E-state index < -0.39 is 6.10 Å². The molecule has 1 atom stereocenters. The lowest BCUT2D eigenvalue weighted by Crippen LogP contribution is -2.29. The third-order valence-electron chi connectivity index (χ3n) is 4.89. The molecule has 1 aromatic heterocycles. The van der Waals surface area contributed by atoms with Crippen LogP contribution in [0.1, 0.15) is 33.6 Å². The maximum Gasteiger partial charge on any atom is 0.257 e. The van der Waals surface area contributed by atoms with Crippen LogP contribution in [0.5, 0.6) is 5.75 Å². The number of amides is 1. The van der Waals surface area contributed by atoms with Crippen LogP contribution in [0.2, 0.25) is 0 Å². The van der Waals surface area contributed by atoms with Gasteiger partial charge in [0.2, 0.25) is 0 Å². The number of aromatic hydroxyl groups is 1. The summed E-state index contributed by atoms with van der Waals surface area (Å²) >= 11 is 0. The number of fused-ring (bicyclic) bond motifs is 1. The number of nitrogens with one attached hydrogen (secondary N) is 1. The van der Waals surface area contributed by atoms with Crippen LogP contribution in [0.4, 0.5) is 0 Å². The molecule has 0 spiro atoms. The first-order valence-electron chi connectivity index (χ1n) is 8.74. The summed E-state index contributed by atoms with van der Waals surface area (Å²) in [5.41, 5.74) is 4.12. The molecule has 26 heavy (non-hydrogen) atoms. The van der Waals surface area contributed by atoms with Gasteiger partial charge in [0.15, 0.2) is 0 Å². The third kappa shape index (κ3) is 3.04. The fourth-order valence-corrected chi connectivity index (χ4v) is 3.53. The Morgan fingerprint density at radius 3 is 2.92 bits per heavy atom. The Hall–Kier alpha value is -2.86. The van der Waals surface area contributed by atoms with Gasteiger partial charge in [-0.25, -0.2) is 0 Å². The van der Waals surface area contributed by atoms with Gasteiger partial charge in [-0.1, -0.05) is 29.8 Å². The maximum atomic E-state index is 12.7. The highest BCUT2D eigenvalue weighted by Gasteiger charge is 2.27. The number of aliphatic hydroxyl groups is 1. The predicted octanol–water partition coefficient (Wildman–Crippen LogP) is 2.37. The van der Waals surface area contributed by atoms with Gasteiger partial charge < -0.3 is 15.1 Å². The van der Waals surface area contributed by atoms with Crippen molar-refractivity contribution in [3.8, 4) is 5.75 Å². The van der Waals surface area contributed by atoms with E-state index >= 15 is 0 Å². The van der Waals surface area contributed by atoms with Crippen LogP contribution in [-0.2, 0) is 6.42 Å². The molecule has 1 aliphatic heterocycles. The zero-order valence-corrected chi connectivity index (χ0v) is 14.6. The van der Waals surface area contributed by atoms with Crippen molar-refractivity contribution in [2.45, 2.75) is 25.9 Å². The molecule has 0 bridgehead atoms. The minimum atomic E-state index is -0.490. The number of H-pyrrole nitrogens is 1. The minimum absolute atomic E-state index is 0.0857. The lowest BCUT2D eigenvalue weighted by molar-refractivity contribution is 0.0762. The van der Waals surface area contributed by atoms with E-state index in [1.807, 2.05) is 19.1 Å². The first-order chi connectivity index (χ1) is 12.5. The van der Waals surface area contributed by atoms with Crippen molar-refractivity contribution in [2.75, 3.05) is 13.1 Å². The van der Waals surface area contributed by atoms with Crippen molar-refractivity contribution < 1.29 is 15.0 Å². The number of nitrogens with zero attached hydrogens (tertiary/aromatic N) is 2. The Morgan fingerprint density at radius 1 is 1.35 bits per heavy atom. The smallest absolute Gasteiger partial charge is 0.257 e. The number of carbonyl (C=O) groups excluding carboxylic acids is 1. The molecule has 6 nitrogen and oxygen atoms in total. The summed E-state index contributed by atoms with van der Waals surface area (Å²) in [6.07, 6.45) is 0.744. The fourth-order valence-electron chi connectivity index (χ4n) is 3.53.